The van der Waals surface area contributed by atoms with E-state index in [1.54, 1.807) is 41.3 Å². The van der Waals surface area contributed by atoms with Gasteiger partial charge in [0, 0.05) is 12.6 Å². The first kappa shape index (κ1) is 32.3. The van der Waals surface area contributed by atoms with E-state index in [4.69, 9.17) is 0 Å². The molecular formula is C35H45N3O4S. The average molecular weight is 604 g/mol. The molecule has 4 rings (SSSR count). The van der Waals surface area contributed by atoms with E-state index in [1.165, 1.54) is 10.7 Å². The highest BCUT2D eigenvalue weighted by Crippen LogP contribution is 2.27. The van der Waals surface area contributed by atoms with Gasteiger partial charge in [0.15, 0.2) is 0 Å². The molecule has 3 aromatic carbocycles. The summed E-state index contributed by atoms with van der Waals surface area (Å²) in [5.74, 6) is -0.614. The molecule has 1 saturated carbocycles. The third-order valence-corrected chi connectivity index (χ3v) is 9.94. The summed E-state index contributed by atoms with van der Waals surface area (Å²) in [6.45, 7) is 9.35. The number of carbonyl (C=O) groups excluding carboxylic acids is 2. The number of rotatable bonds is 11. The summed E-state index contributed by atoms with van der Waals surface area (Å²) in [5, 5.41) is 3.20. The summed E-state index contributed by atoms with van der Waals surface area (Å²) in [5.41, 5.74) is 5.07. The predicted octanol–water partition coefficient (Wildman–Crippen LogP) is 6.37. The monoisotopic (exact) mass is 603 g/mol. The molecule has 0 bridgehead atoms. The second-order valence-electron chi connectivity index (χ2n) is 11.9. The number of sulfonamides is 1. The maximum Gasteiger partial charge on any atom is 0.264 e. The van der Waals surface area contributed by atoms with Crippen LogP contribution in [0.15, 0.2) is 71.6 Å². The minimum Gasteiger partial charge on any atom is -0.352 e. The van der Waals surface area contributed by atoms with E-state index < -0.39 is 28.5 Å². The molecule has 1 aliphatic carbocycles. The number of amides is 2. The van der Waals surface area contributed by atoms with E-state index in [0.717, 1.165) is 53.5 Å². The highest BCUT2D eigenvalue weighted by Gasteiger charge is 2.34. The second-order valence-corrected chi connectivity index (χ2v) is 13.8. The Morgan fingerprint density at radius 2 is 1.49 bits per heavy atom. The number of hydrogen-bond acceptors (Lipinski definition) is 4. The van der Waals surface area contributed by atoms with Crippen LogP contribution in [0.5, 0.6) is 0 Å². The lowest BCUT2D eigenvalue weighted by molar-refractivity contribution is -0.140. The minimum absolute atomic E-state index is 0.0971. The van der Waals surface area contributed by atoms with E-state index in [9.17, 15) is 18.0 Å². The molecule has 0 saturated heterocycles. The fourth-order valence-electron chi connectivity index (χ4n) is 5.93. The second kappa shape index (κ2) is 14.2. The maximum absolute atomic E-state index is 14.4. The lowest BCUT2D eigenvalue weighted by Gasteiger charge is -2.34. The smallest absolute Gasteiger partial charge is 0.264 e. The Kier molecular flexibility index (Phi) is 10.7. The number of hydrogen-bond donors (Lipinski definition) is 1. The Balaban J connectivity index is 1.73. The van der Waals surface area contributed by atoms with Crippen LogP contribution in [0.2, 0.25) is 0 Å². The molecule has 1 atom stereocenters. The first-order valence-electron chi connectivity index (χ1n) is 15.3. The van der Waals surface area contributed by atoms with Crippen molar-refractivity contribution in [3.05, 3.63) is 94.5 Å². The fraction of sp³-hybridized carbons (Fsp3) is 0.429. The molecule has 230 valence electrons. The van der Waals surface area contributed by atoms with Crippen LogP contribution in [0.25, 0.3) is 0 Å². The van der Waals surface area contributed by atoms with E-state index >= 15 is 0 Å². The fourth-order valence-corrected chi connectivity index (χ4v) is 7.33. The summed E-state index contributed by atoms with van der Waals surface area (Å²) < 4.78 is 29.5. The van der Waals surface area contributed by atoms with Crippen LogP contribution in [-0.2, 0) is 26.2 Å². The molecule has 0 spiro atoms. The van der Waals surface area contributed by atoms with E-state index in [1.807, 2.05) is 65.0 Å². The Morgan fingerprint density at radius 3 is 2.09 bits per heavy atom. The largest absolute Gasteiger partial charge is 0.352 e. The van der Waals surface area contributed by atoms with Gasteiger partial charge in [-0.3, -0.25) is 13.9 Å². The number of benzene rings is 3. The molecule has 3 aromatic rings. The Hall–Kier alpha value is -3.65. The molecule has 1 unspecified atom stereocenters. The SMILES string of the molecule is CCC(C(=O)NC1CCCCC1)N(Cc1cccc(C)c1)C(=O)CN(c1cc(C)cc(C)c1)S(=O)(=O)c1ccc(C)cc1. The van der Waals surface area contributed by atoms with Gasteiger partial charge in [0.05, 0.1) is 10.6 Å². The molecule has 1 aliphatic rings. The van der Waals surface area contributed by atoms with Crippen LogP contribution in [0.4, 0.5) is 5.69 Å². The molecule has 2 amide bonds. The number of aryl methyl sites for hydroxylation is 4. The van der Waals surface area contributed by atoms with Gasteiger partial charge in [-0.1, -0.05) is 79.8 Å². The van der Waals surface area contributed by atoms with Crippen molar-refractivity contribution < 1.29 is 18.0 Å². The van der Waals surface area contributed by atoms with Gasteiger partial charge in [0.25, 0.3) is 10.0 Å². The van der Waals surface area contributed by atoms with E-state index in [2.05, 4.69) is 5.32 Å². The Labute approximate surface area is 257 Å². The van der Waals surface area contributed by atoms with Crippen LogP contribution in [0.3, 0.4) is 0 Å². The molecule has 8 heteroatoms. The minimum atomic E-state index is -4.10. The van der Waals surface area contributed by atoms with Crippen molar-refractivity contribution in [2.24, 2.45) is 0 Å². The van der Waals surface area contributed by atoms with Crippen LogP contribution >= 0.6 is 0 Å². The number of nitrogens with one attached hydrogen (secondary N) is 1. The third kappa shape index (κ3) is 8.25. The molecule has 1 N–H and O–H groups in total. The van der Waals surface area contributed by atoms with Crippen LogP contribution in [0, 0.1) is 27.7 Å². The number of nitrogens with zero attached hydrogens (tertiary/aromatic N) is 2. The first-order valence-corrected chi connectivity index (χ1v) is 16.7. The van der Waals surface area contributed by atoms with Crippen LogP contribution < -0.4 is 9.62 Å². The summed E-state index contributed by atoms with van der Waals surface area (Å²) in [4.78, 5) is 29.7. The molecule has 0 aromatic heterocycles. The topological polar surface area (TPSA) is 86.8 Å². The van der Waals surface area contributed by atoms with Gasteiger partial charge in [-0.05, 0) is 87.9 Å². The third-order valence-electron chi connectivity index (χ3n) is 8.16. The van der Waals surface area contributed by atoms with Gasteiger partial charge in [0.2, 0.25) is 11.8 Å². The summed E-state index contributed by atoms with van der Waals surface area (Å²) in [6, 6.07) is 19.4. The molecule has 43 heavy (non-hydrogen) atoms. The number of anilines is 1. The van der Waals surface area contributed by atoms with Crippen molar-refractivity contribution in [3.8, 4) is 0 Å². The summed E-state index contributed by atoms with van der Waals surface area (Å²) in [6.07, 6.45) is 5.60. The van der Waals surface area contributed by atoms with E-state index in [0.29, 0.717) is 12.1 Å². The molecule has 0 aliphatic heterocycles. The zero-order valence-electron chi connectivity index (χ0n) is 26.1. The van der Waals surface area contributed by atoms with Crippen molar-refractivity contribution >= 4 is 27.5 Å². The molecule has 0 heterocycles. The number of carbonyl (C=O) groups is 2. The van der Waals surface area contributed by atoms with Gasteiger partial charge in [-0.25, -0.2) is 8.42 Å². The normalized spacial score (nSPS) is 14.6. The summed E-state index contributed by atoms with van der Waals surface area (Å²) >= 11 is 0. The highest BCUT2D eigenvalue weighted by molar-refractivity contribution is 7.92. The van der Waals surface area contributed by atoms with Crippen molar-refractivity contribution in [1.29, 1.82) is 0 Å². The van der Waals surface area contributed by atoms with Crippen molar-refractivity contribution in [3.63, 3.8) is 0 Å². The molecular weight excluding hydrogens is 558 g/mol. The van der Waals surface area contributed by atoms with Gasteiger partial charge in [-0.2, -0.15) is 0 Å². The van der Waals surface area contributed by atoms with Crippen molar-refractivity contribution in [1.82, 2.24) is 10.2 Å². The molecule has 1 fully saturated rings. The van der Waals surface area contributed by atoms with Gasteiger partial charge < -0.3 is 10.2 Å². The quantitative estimate of drug-likeness (QED) is 0.276. The lowest BCUT2D eigenvalue weighted by Crippen LogP contribution is -2.54. The van der Waals surface area contributed by atoms with Crippen molar-refractivity contribution in [2.75, 3.05) is 10.8 Å². The highest BCUT2D eigenvalue weighted by atomic mass is 32.2. The Morgan fingerprint density at radius 1 is 0.837 bits per heavy atom. The average Bonchev–Trinajstić information content (AvgIpc) is 2.96. The van der Waals surface area contributed by atoms with Crippen LogP contribution in [-0.4, -0.2) is 43.8 Å². The zero-order chi connectivity index (χ0) is 31.1. The van der Waals surface area contributed by atoms with Gasteiger partial charge in [0.1, 0.15) is 12.6 Å². The Bertz CT molecular complexity index is 1510. The van der Waals surface area contributed by atoms with Gasteiger partial charge >= 0.3 is 0 Å². The molecule has 7 nitrogen and oxygen atoms in total. The zero-order valence-corrected chi connectivity index (χ0v) is 26.9. The standard InChI is InChI=1S/C35H45N3O4S/c1-6-33(35(40)36-30-13-8-7-9-14-30)37(23-29-12-10-11-26(3)20-29)34(39)24-38(31-21-27(4)19-28(5)22-31)43(41,42)32-17-15-25(2)16-18-32/h10-12,15-22,30,33H,6-9,13-14,23-24H2,1-5H3,(H,36,40). The van der Waals surface area contributed by atoms with Gasteiger partial charge in [-0.15, -0.1) is 0 Å². The predicted molar refractivity (Wildman–Crippen MR) is 172 cm³/mol. The van der Waals surface area contributed by atoms with E-state index in [-0.39, 0.29) is 23.4 Å². The van der Waals surface area contributed by atoms with Crippen LogP contribution in [0.1, 0.15) is 73.3 Å². The maximum atomic E-state index is 14.4. The lowest BCUT2D eigenvalue weighted by atomic mass is 9.95. The molecule has 0 radical (unpaired) electrons. The summed E-state index contributed by atoms with van der Waals surface area (Å²) in [7, 11) is -4.10. The first-order chi connectivity index (χ1) is 20.5. The van der Waals surface area contributed by atoms with Crippen molar-refractivity contribution in [2.45, 2.75) is 96.7 Å².